The Labute approximate surface area is 125 Å². The zero-order valence-electron chi connectivity index (χ0n) is 11.7. The minimum Gasteiger partial charge on any atom is -0.489 e. The first-order valence-electron chi connectivity index (χ1n) is 6.31. The average Bonchev–Trinajstić information content (AvgIpc) is 2.32. The summed E-state index contributed by atoms with van der Waals surface area (Å²) in [6.45, 7) is 7.22. The molecule has 0 fully saturated rings. The minimum absolute atomic E-state index is 0.108. The Balaban J connectivity index is 2.42. The van der Waals surface area contributed by atoms with E-state index in [1.807, 2.05) is 0 Å². The summed E-state index contributed by atoms with van der Waals surface area (Å²) >= 11 is 12.1. The van der Waals surface area contributed by atoms with Crippen LogP contribution in [-0.4, -0.2) is 38.2 Å². The molecule has 1 aromatic carbocycles. The predicted molar refractivity (Wildman–Crippen MR) is 82.3 cm³/mol. The van der Waals surface area contributed by atoms with E-state index >= 15 is 0 Å². The van der Waals surface area contributed by atoms with E-state index < -0.39 is 0 Å². The summed E-state index contributed by atoms with van der Waals surface area (Å²) in [6, 6.07) is 5.33. The van der Waals surface area contributed by atoms with E-state index in [1.165, 1.54) is 0 Å². The van der Waals surface area contributed by atoms with Crippen molar-refractivity contribution in [3.63, 3.8) is 0 Å². The van der Waals surface area contributed by atoms with Crippen molar-refractivity contribution in [1.29, 1.82) is 0 Å². The molecule has 0 aliphatic rings. The van der Waals surface area contributed by atoms with Crippen molar-refractivity contribution >= 4 is 23.2 Å². The zero-order chi connectivity index (χ0) is 14.5. The average molecular weight is 305 g/mol. The zero-order valence-corrected chi connectivity index (χ0v) is 13.3. The van der Waals surface area contributed by atoms with Gasteiger partial charge < -0.3 is 15.4 Å². The van der Waals surface area contributed by atoms with Crippen molar-refractivity contribution in [3.8, 4) is 5.75 Å². The highest BCUT2D eigenvalue weighted by Gasteiger charge is 2.18. The van der Waals surface area contributed by atoms with Crippen LogP contribution in [0.5, 0.6) is 5.75 Å². The number of nitrogens with two attached hydrogens (primary N) is 1. The quantitative estimate of drug-likeness (QED) is 0.840. The molecule has 2 N–H and O–H groups in total. The normalized spacial score (nSPS) is 11.9. The second-order valence-corrected chi connectivity index (χ2v) is 6.32. The topological polar surface area (TPSA) is 38.5 Å². The first-order chi connectivity index (χ1) is 8.85. The second kappa shape index (κ2) is 7.34. The Morgan fingerprint density at radius 2 is 1.84 bits per heavy atom. The molecule has 0 aliphatic carbocycles. The van der Waals surface area contributed by atoms with Gasteiger partial charge in [0.2, 0.25) is 0 Å². The van der Waals surface area contributed by atoms with Crippen molar-refractivity contribution in [2.24, 2.45) is 11.1 Å². The van der Waals surface area contributed by atoms with Crippen LogP contribution in [0, 0.1) is 5.41 Å². The molecular weight excluding hydrogens is 283 g/mol. The van der Waals surface area contributed by atoms with E-state index in [-0.39, 0.29) is 5.41 Å². The molecule has 19 heavy (non-hydrogen) atoms. The molecule has 0 saturated heterocycles. The van der Waals surface area contributed by atoms with E-state index in [1.54, 1.807) is 18.2 Å². The highest BCUT2D eigenvalue weighted by atomic mass is 35.5. The Morgan fingerprint density at radius 1 is 1.26 bits per heavy atom. The van der Waals surface area contributed by atoms with Crippen LogP contribution in [0.15, 0.2) is 18.2 Å². The van der Waals surface area contributed by atoms with Crippen LogP contribution in [0.2, 0.25) is 10.0 Å². The molecule has 0 spiro atoms. The molecule has 0 saturated carbocycles. The van der Waals surface area contributed by atoms with Gasteiger partial charge in [-0.1, -0.05) is 43.1 Å². The van der Waals surface area contributed by atoms with Gasteiger partial charge in [-0.2, -0.15) is 0 Å². The summed E-state index contributed by atoms with van der Waals surface area (Å²) < 4.78 is 5.65. The van der Waals surface area contributed by atoms with E-state index in [0.717, 1.165) is 13.1 Å². The van der Waals surface area contributed by atoms with E-state index in [2.05, 4.69) is 25.8 Å². The van der Waals surface area contributed by atoms with Crippen LogP contribution in [-0.2, 0) is 0 Å². The van der Waals surface area contributed by atoms with Crippen LogP contribution in [0.4, 0.5) is 0 Å². The number of ether oxygens (including phenoxy) is 1. The molecule has 0 heterocycles. The summed E-state index contributed by atoms with van der Waals surface area (Å²) in [5.41, 5.74) is 5.83. The molecule has 0 bridgehead atoms. The van der Waals surface area contributed by atoms with Crippen LogP contribution >= 0.6 is 23.2 Å². The summed E-state index contributed by atoms with van der Waals surface area (Å²) in [5, 5.41) is 1.08. The first kappa shape index (κ1) is 16.6. The molecule has 5 heteroatoms. The monoisotopic (exact) mass is 304 g/mol. The predicted octanol–water partition coefficient (Wildman–Crippen LogP) is 3.29. The SMILES string of the molecule is CN(CCOc1c(Cl)cccc1Cl)CC(C)(C)CN. The third-order valence-corrected chi connectivity index (χ3v) is 3.48. The molecule has 1 rings (SSSR count). The highest BCUT2D eigenvalue weighted by Crippen LogP contribution is 2.32. The number of rotatable bonds is 7. The third-order valence-electron chi connectivity index (χ3n) is 2.89. The Morgan fingerprint density at radius 3 is 2.37 bits per heavy atom. The van der Waals surface area contributed by atoms with Gasteiger partial charge in [-0.05, 0) is 31.1 Å². The van der Waals surface area contributed by atoms with Crippen molar-refractivity contribution < 1.29 is 4.74 Å². The van der Waals surface area contributed by atoms with Gasteiger partial charge in [0.25, 0.3) is 0 Å². The lowest BCUT2D eigenvalue weighted by molar-refractivity contribution is 0.182. The molecule has 3 nitrogen and oxygen atoms in total. The number of halogens is 2. The number of likely N-dealkylation sites (N-methyl/N-ethyl adjacent to an activating group) is 1. The van der Waals surface area contributed by atoms with Crippen LogP contribution in [0.3, 0.4) is 0 Å². The summed E-state index contributed by atoms with van der Waals surface area (Å²) in [7, 11) is 2.05. The van der Waals surface area contributed by atoms with Crippen LogP contribution in [0.1, 0.15) is 13.8 Å². The minimum atomic E-state index is 0.108. The fourth-order valence-corrected chi connectivity index (χ4v) is 2.30. The summed E-state index contributed by atoms with van der Waals surface area (Å²) in [5.74, 6) is 0.553. The fraction of sp³-hybridized carbons (Fsp3) is 0.571. The van der Waals surface area contributed by atoms with Crippen LogP contribution in [0.25, 0.3) is 0 Å². The molecule has 0 aliphatic heterocycles. The molecule has 0 amide bonds. The smallest absolute Gasteiger partial charge is 0.156 e. The largest absolute Gasteiger partial charge is 0.489 e. The highest BCUT2D eigenvalue weighted by molar-refractivity contribution is 6.37. The van der Waals surface area contributed by atoms with E-state index in [9.17, 15) is 0 Å². The van der Waals surface area contributed by atoms with E-state index in [0.29, 0.717) is 28.9 Å². The summed E-state index contributed by atoms with van der Waals surface area (Å²) in [4.78, 5) is 2.19. The van der Waals surface area contributed by atoms with Gasteiger partial charge in [0.05, 0.1) is 10.0 Å². The lowest BCUT2D eigenvalue weighted by Gasteiger charge is -2.28. The maximum atomic E-state index is 6.03. The number of hydrogen-bond donors (Lipinski definition) is 1. The Hall–Kier alpha value is -0.480. The van der Waals surface area contributed by atoms with Gasteiger partial charge in [-0.15, -0.1) is 0 Å². The Bertz CT molecular complexity index is 390. The maximum Gasteiger partial charge on any atom is 0.156 e. The molecule has 0 atom stereocenters. The number of hydrogen-bond acceptors (Lipinski definition) is 3. The lowest BCUT2D eigenvalue weighted by atomic mass is 9.93. The van der Waals surface area contributed by atoms with Gasteiger partial charge >= 0.3 is 0 Å². The van der Waals surface area contributed by atoms with Gasteiger partial charge in [-0.25, -0.2) is 0 Å². The molecule has 0 unspecified atom stereocenters. The first-order valence-corrected chi connectivity index (χ1v) is 7.07. The Kier molecular flexibility index (Phi) is 6.40. The van der Waals surface area contributed by atoms with Crippen molar-refractivity contribution in [3.05, 3.63) is 28.2 Å². The molecule has 108 valence electrons. The van der Waals surface area contributed by atoms with Crippen molar-refractivity contribution in [2.45, 2.75) is 13.8 Å². The second-order valence-electron chi connectivity index (χ2n) is 5.51. The number of nitrogens with zero attached hydrogens (tertiary/aromatic N) is 1. The number of benzene rings is 1. The van der Waals surface area contributed by atoms with Gasteiger partial charge in [0.1, 0.15) is 6.61 Å². The maximum absolute atomic E-state index is 6.03. The van der Waals surface area contributed by atoms with Gasteiger partial charge in [-0.3, -0.25) is 0 Å². The number of para-hydroxylation sites is 1. The van der Waals surface area contributed by atoms with Gasteiger partial charge in [0.15, 0.2) is 5.75 Å². The van der Waals surface area contributed by atoms with Crippen molar-refractivity contribution in [1.82, 2.24) is 4.90 Å². The lowest BCUT2D eigenvalue weighted by Crippen LogP contribution is -2.38. The standard InChI is InChI=1S/C14H22Cl2N2O/c1-14(2,9-17)10-18(3)7-8-19-13-11(15)5-4-6-12(13)16/h4-6H,7-10,17H2,1-3H3. The molecule has 0 aromatic heterocycles. The molecule has 0 radical (unpaired) electrons. The van der Waals surface area contributed by atoms with Gasteiger partial charge in [0, 0.05) is 13.1 Å². The molecular formula is C14H22Cl2N2O. The van der Waals surface area contributed by atoms with Crippen LogP contribution < -0.4 is 10.5 Å². The van der Waals surface area contributed by atoms with E-state index in [4.69, 9.17) is 33.7 Å². The molecule has 1 aromatic rings. The summed E-state index contributed by atoms with van der Waals surface area (Å²) in [6.07, 6.45) is 0. The van der Waals surface area contributed by atoms with Crippen molar-refractivity contribution in [2.75, 3.05) is 33.3 Å². The third kappa shape index (κ3) is 5.57. The fourth-order valence-electron chi connectivity index (χ4n) is 1.80.